The molecule has 0 spiro atoms. The summed E-state index contributed by atoms with van der Waals surface area (Å²) in [5.41, 5.74) is 3.40. The number of halogens is 1. The number of amides is 1. The number of thiophene rings is 1. The Morgan fingerprint density at radius 2 is 2.10 bits per heavy atom. The molecule has 148 valence electrons. The number of aryl methyl sites for hydroxylation is 2. The Bertz CT molecular complexity index is 1160. The third-order valence-electron chi connectivity index (χ3n) is 4.12. The van der Waals surface area contributed by atoms with Crippen LogP contribution in [0.15, 0.2) is 47.3 Å². The van der Waals surface area contributed by atoms with Gasteiger partial charge in [0.25, 0.3) is 5.91 Å². The van der Waals surface area contributed by atoms with Crippen LogP contribution in [0, 0.1) is 12.7 Å². The maximum atomic E-state index is 13.6. The minimum Gasteiger partial charge on any atom is -0.486 e. The number of hydrogen-bond acceptors (Lipinski definition) is 6. The van der Waals surface area contributed by atoms with Crippen LogP contribution >= 0.6 is 22.7 Å². The van der Waals surface area contributed by atoms with Gasteiger partial charge in [-0.05, 0) is 30.5 Å². The zero-order chi connectivity index (χ0) is 20.4. The summed E-state index contributed by atoms with van der Waals surface area (Å²) in [6.07, 6.45) is 1.90. The van der Waals surface area contributed by atoms with Gasteiger partial charge in [0.15, 0.2) is 16.7 Å². The molecule has 0 atom stereocenters. The number of nitrogens with zero attached hydrogens (tertiary/aromatic N) is 3. The van der Waals surface area contributed by atoms with Gasteiger partial charge >= 0.3 is 0 Å². The summed E-state index contributed by atoms with van der Waals surface area (Å²) in [4.78, 5) is 17.5. The van der Waals surface area contributed by atoms with Gasteiger partial charge in [0.1, 0.15) is 6.61 Å². The Hall–Kier alpha value is -3.04. The van der Waals surface area contributed by atoms with Gasteiger partial charge < -0.3 is 4.74 Å². The average molecular weight is 429 g/mol. The lowest BCUT2D eigenvalue weighted by molar-refractivity contribution is 0.103. The highest BCUT2D eigenvalue weighted by molar-refractivity contribution is 7.14. The minimum absolute atomic E-state index is 0.186. The maximum Gasteiger partial charge on any atom is 0.267 e. The molecule has 3 aromatic heterocycles. The van der Waals surface area contributed by atoms with Gasteiger partial charge in [-0.3, -0.25) is 14.8 Å². The fourth-order valence-corrected chi connectivity index (χ4v) is 4.26. The first-order valence-corrected chi connectivity index (χ1v) is 10.5. The largest absolute Gasteiger partial charge is 0.486 e. The van der Waals surface area contributed by atoms with Crippen LogP contribution in [0.4, 0.5) is 9.52 Å². The molecule has 0 aliphatic carbocycles. The van der Waals surface area contributed by atoms with Gasteiger partial charge in [-0.2, -0.15) is 5.10 Å². The lowest BCUT2D eigenvalue weighted by Gasteiger charge is -2.05. The number of carbonyl (C=O) groups is 1. The molecule has 6 nitrogen and oxygen atoms in total. The summed E-state index contributed by atoms with van der Waals surface area (Å²) in [6.45, 7) is 2.11. The highest BCUT2D eigenvalue weighted by Gasteiger charge is 2.14. The molecule has 0 aliphatic heterocycles. The lowest BCUT2D eigenvalue weighted by Crippen LogP contribution is -2.09. The van der Waals surface area contributed by atoms with Crippen molar-refractivity contribution in [1.29, 1.82) is 0 Å². The van der Waals surface area contributed by atoms with Crippen molar-refractivity contribution < 1.29 is 13.9 Å². The predicted molar refractivity (Wildman–Crippen MR) is 112 cm³/mol. The standard InChI is InChI=1S/C20H17FN4O2S2/c1-12-14(8-25(2)24-12)16-11-29-20(22-16)23-19(26)18-7-13(10-28-18)9-27-17-6-4-3-5-15(17)21/h3-8,10-11H,9H2,1-2H3,(H,22,23,26). The SMILES string of the molecule is Cc1nn(C)cc1-c1csc(NC(=O)c2cc(COc3ccccc3F)cs2)n1. The smallest absolute Gasteiger partial charge is 0.267 e. The van der Waals surface area contributed by atoms with Crippen molar-refractivity contribution in [3.05, 3.63) is 69.2 Å². The second-order valence-corrected chi connectivity index (χ2v) is 8.10. The second kappa shape index (κ2) is 8.14. The summed E-state index contributed by atoms with van der Waals surface area (Å²) in [7, 11) is 1.86. The number of rotatable bonds is 6. The first kappa shape index (κ1) is 19.3. The van der Waals surface area contributed by atoms with Gasteiger partial charge in [0.2, 0.25) is 0 Å². The number of benzene rings is 1. The molecule has 0 fully saturated rings. The van der Waals surface area contributed by atoms with E-state index in [0.29, 0.717) is 10.0 Å². The topological polar surface area (TPSA) is 69.0 Å². The fraction of sp³-hybridized carbons (Fsp3) is 0.150. The highest BCUT2D eigenvalue weighted by Crippen LogP contribution is 2.27. The molecule has 29 heavy (non-hydrogen) atoms. The van der Waals surface area contributed by atoms with Crippen molar-refractivity contribution >= 4 is 33.7 Å². The first-order chi connectivity index (χ1) is 14.0. The number of anilines is 1. The number of thiazole rings is 1. The Labute approximate surface area is 174 Å². The van der Waals surface area contributed by atoms with Crippen molar-refractivity contribution in [2.45, 2.75) is 13.5 Å². The molecule has 4 rings (SSSR count). The molecule has 0 bridgehead atoms. The van der Waals surface area contributed by atoms with Crippen molar-refractivity contribution in [2.75, 3.05) is 5.32 Å². The summed E-state index contributed by atoms with van der Waals surface area (Å²) in [6, 6.07) is 7.96. The number of hydrogen-bond donors (Lipinski definition) is 1. The summed E-state index contributed by atoms with van der Waals surface area (Å²) >= 11 is 2.66. The molecular weight excluding hydrogens is 411 g/mol. The van der Waals surface area contributed by atoms with Crippen LogP contribution in [-0.4, -0.2) is 20.7 Å². The normalized spacial score (nSPS) is 10.9. The maximum absolute atomic E-state index is 13.6. The van der Waals surface area contributed by atoms with E-state index < -0.39 is 5.82 Å². The van der Waals surface area contributed by atoms with E-state index in [2.05, 4.69) is 15.4 Å². The zero-order valence-electron chi connectivity index (χ0n) is 15.7. The van der Waals surface area contributed by atoms with E-state index in [1.165, 1.54) is 28.7 Å². The molecule has 0 aliphatic rings. The molecule has 0 unspecified atom stereocenters. The molecule has 0 saturated carbocycles. The first-order valence-electron chi connectivity index (χ1n) is 8.72. The van der Waals surface area contributed by atoms with Crippen molar-refractivity contribution in [3.63, 3.8) is 0 Å². The number of nitrogens with one attached hydrogen (secondary N) is 1. The van der Waals surface area contributed by atoms with E-state index in [4.69, 9.17) is 4.74 Å². The summed E-state index contributed by atoms with van der Waals surface area (Å²) < 4.78 is 20.8. The third-order valence-corrected chi connectivity index (χ3v) is 5.86. The Balaban J connectivity index is 1.39. The third kappa shape index (κ3) is 4.36. The molecular formula is C20H17FN4O2S2. The number of para-hydroxylation sites is 1. The Morgan fingerprint density at radius 3 is 2.86 bits per heavy atom. The Morgan fingerprint density at radius 1 is 1.28 bits per heavy atom. The molecule has 0 radical (unpaired) electrons. The van der Waals surface area contributed by atoms with Crippen LogP contribution in [-0.2, 0) is 13.7 Å². The zero-order valence-corrected chi connectivity index (χ0v) is 17.3. The van der Waals surface area contributed by atoms with Crippen LogP contribution in [0.1, 0.15) is 20.9 Å². The van der Waals surface area contributed by atoms with Crippen LogP contribution in [0.25, 0.3) is 11.3 Å². The average Bonchev–Trinajstić information content (AvgIpc) is 3.41. The molecule has 4 aromatic rings. The number of ether oxygens (including phenoxy) is 1. The van der Waals surface area contributed by atoms with Gasteiger partial charge in [-0.1, -0.05) is 12.1 Å². The van der Waals surface area contributed by atoms with E-state index >= 15 is 0 Å². The molecule has 0 saturated heterocycles. The lowest BCUT2D eigenvalue weighted by atomic mass is 10.2. The van der Waals surface area contributed by atoms with Crippen molar-refractivity contribution in [1.82, 2.24) is 14.8 Å². The van der Waals surface area contributed by atoms with Crippen LogP contribution < -0.4 is 10.1 Å². The van der Waals surface area contributed by atoms with Crippen molar-refractivity contribution in [2.24, 2.45) is 7.05 Å². The summed E-state index contributed by atoms with van der Waals surface area (Å²) in [5, 5.41) is 11.4. The van der Waals surface area contributed by atoms with E-state index in [0.717, 1.165) is 22.5 Å². The molecule has 1 aromatic carbocycles. The van der Waals surface area contributed by atoms with E-state index in [1.54, 1.807) is 28.9 Å². The van der Waals surface area contributed by atoms with Crippen LogP contribution in [0.3, 0.4) is 0 Å². The van der Waals surface area contributed by atoms with E-state index in [1.807, 2.05) is 30.9 Å². The van der Waals surface area contributed by atoms with E-state index in [-0.39, 0.29) is 18.3 Å². The van der Waals surface area contributed by atoms with Crippen LogP contribution in [0.5, 0.6) is 5.75 Å². The second-order valence-electron chi connectivity index (χ2n) is 6.33. The number of carbonyl (C=O) groups excluding carboxylic acids is 1. The fourth-order valence-electron chi connectivity index (χ4n) is 2.76. The predicted octanol–water partition coefficient (Wildman–Crippen LogP) is 4.88. The molecule has 3 heterocycles. The monoisotopic (exact) mass is 428 g/mol. The Kier molecular flexibility index (Phi) is 5.41. The quantitative estimate of drug-likeness (QED) is 0.475. The van der Waals surface area contributed by atoms with Gasteiger partial charge in [0, 0.05) is 29.8 Å². The van der Waals surface area contributed by atoms with Gasteiger partial charge in [0.05, 0.1) is 16.3 Å². The minimum atomic E-state index is -0.413. The highest BCUT2D eigenvalue weighted by atomic mass is 32.1. The van der Waals surface area contributed by atoms with Crippen LogP contribution in [0.2, 0.25) is 0 Å². The van der Waals surface area contributed by atoms with Gasteiger partial charge in [-0.25, -0.2) is 9.37 Å². The molecule has 9 heteroatoms. The summed E-state index contributed by atoms with van der Waals surface area (Å²) in [5.74, 6) is -0.467. The molecule has 1 amide bonds. The van der Waals surface area contributed by atoms with Crippen molar-refractivity contribution in [3.8, 4) is 17.0 Å². The molecule has 1 N–H and O–H groups in total. The number of aromatic nitrogens is 3. The van der Waals surface area contributed by atoms with E-state index in [9.17, 15) is 9.18 Å². The van der Waals surface area contributed by atoms with Gasteiger partial charge in [-0.15, -0.1) is 22.7 Å².